The Labute approximate surface area is 236 Å². The Balaban J connectivity index is 1.40. The van der Waals surface area contributed by atoms with Crippen molar-refractivity contribution in [1.82, 2.24) is 20.4 Å². The summed E-state index contributed by atoms with van der Waals surface area (Å²) < 4.78 is 12.1. The molecule has 6 atom stereocenters. The maximum atomic E-state index is 14.3. The normalized spacial score (nSPS) is 32.4. The number of rotatable bonds is 11. The Morgan fingerprint density at radius 3 is 2.50 bits per heavy atom. The van der Waals surface area contributed by atoms with Crippen LogP contribution in [0.1, 0.15) is 45.6 Å². The fourth-order valence-corrected chi connectivity index (χ4v) is 7.43. The zero-order chi connectivity index (χ0) is 28.5. The van der Waals surface area contributed by atoms with Gasteiger partial charge >= 0.3 is 0 Å². The molecule has 5 rings (SSSR count). The van der Waals surface area contributed by atoms with Crippen LogP contribution in [-0.4, -0.2) is 102 Å². The van der Waals surface area contributed by atoms with Gasteiger partial charge in [-0.25, -0.2) is 0 Å². The van der Waals surface area contributed by atoms with E-state index in [0.717, 1.165) is 18.7 Å². The molecule has 1 aromatic rings. The van der Waals surface area contributed by atoms with Crippen LogP contribution in [0.25, 0.3) is 0 Å². The van der Waals surface area contributed by atoms with Gasteiger partial charge in [-0.2, -0.15) is 0 Å². The number of morpholine rings is 1. The lowest BCUT2D eigenvalue weighted by atomic mass is 9.66. The molecular weight excluding hydrogens is 512 g/mol. The van der Waals surface area contributed by atoms with Crippen LogP contribution < -0.4 is 10.6 Å². The molecular formula is C30H44N4O6. The first kappa shape index (κ1) is 29.0. The minimum absolute atomic E-state index is 0.202. The standard InChI is InChI=1S/C30H44N4O6/c1-20(2)17-22(19-35)34-25(27(37)31-11-12-33-13-15-39-16-14-33)30-10-9-29(3,40-30)23(24(30)28(34)38)26(36)32-18-21-7-5-4-6-8-21/h4-8,20,22-25,35H,9-19H2,1-3H3,(H,31,37)(H,32,36)/t22-,23-,24+,25?,29+,30?/m1/s1. The van der Waals surface area contributed by atoms with Crippen LogP contribution in [0, 0.1) is 17.8 Å². The Morgan fingerprint density at radius 2 is 1.82 bits per heavy atom. The summed E-state index contributed by atoms with van der Waals surface area (Å²) in [6.07, 6.45) is 1.64. The maximum absolute atomic E-state index is 14.3. The first-order chi connectivity index (χ1) is 19.2. The Morgan fingerprint density at radius 1 is 1.10 bits per heavy atom. The molecule has 40 heavy (non-hydrogen) atoms. The van der Waals surface area contributed by atoms with Gasteiger partial charge in [0.15, 0.2) is 0 Å². The summed E-state index contributed by atoms with van der Waals surface area (Å²) in [6, 6.07) is 8.21. The van der Waals surface area contributed by atoms with E-state index in [-0.39, 0.29) is 30.2 Å². The van der Waals surface area contributed by atoms with E-state index in [1.807, 2.05) is 51.1 Å². The van der Waals surface area contributed by atoms with E-state index in [9.17, 15) is 19.5 Å². The van der Waals surface area contributed by atoms with Crippen molar-refractivity contribution in [1.29, 1.82) is 0 Å². The molecule has 1 spiro atoms. The minimum Gasteiger partial charge on any atom is -0.394 e. The summed E-state index contributed by atoms with van der Waals surface area (Å²) in [4.78, 5) is 45.8. The van der Waals surface area contributed by atoms with E-state index in [1.54, 1.807) is 4.90 Å². The number of carbonyl (C=O) groups excluding carboxylic acids is 3. The third-order valence-corrected chi connectivity index (χ3v) is 9.23. The minimum atomic E-state index is -1.10. The van der Waals surface area contributed by atoms with Crippen molar-refractivity contribution in [2.24, 2.45) is 17.8 Å². The van der Waals surface area contributed by atoms with Crippen molar-refractivity contribution in [3.05, 3.63) is 35.9 Å². The Kier molecular flexibility index (Phi) is 8.52. The quantitative estimate of drug-likeness (QED) is 0.371. The number of nitrogens with zero attached hydrogens (tertiary/aromatic N) is 2. The monoisotopic (exact) mass is 556 g/mol. The van der Waals surface area contributed by atoms with Gasteiger partial charge in [0.2, 0.25) is 17.7 Å². The highest BCUT2D eigenvalue weighted by Crippen LogP contribution is 2.63. The van der Waals surface area contributed by atoms with Gasteiger partial charge in [0.25, 0.3) is 0 Å². The summed E-state index contributed by atoms with van der Waals surface area (Å²) in [5.41, 5.74) is -0.977. The first-order valence-electron chi connectivity index (χ1n) is 14.7. The number of ether oxygens (including phenoxy) is 2. The molecule has 4 aliphatic rings. The highest BCUT2D eigenvalue weighted by atomic mass is 16.5. The summed E-state index contributed by atoms with van der Waals surface area (Å²) in [7, 11) is 0. The second-order valence-electron chi connectivity index (χ2n) is 12.4. The van der Waals surface area contributed by atoms with E-state index < -0.39 is 35.1 Å². The van der Waals surface area contributed by atoms with Gasteiger partial charge < -0.3 is 30.1 Å². The molecule has 1 aromatic carbocycles. The second kappa shape index (κ2) is 11.8. The number of hydrogen-bond donors (Lipinski definition) is 3. The maximum Gasteiger partial charge on any atom is 0.245 e. The van der Waals surface area contributed by atoms with E-state index >= 15 is 0 Å². The highest BCUT2D eigenvalue weighted by molar-refractivity contribution is 5.99. The Hall–Kier alpha value is -2.53. The lowest BCUT2D eigenvalue weighted by molar-refractivity contribution is -0.150. The summed E-state index contributed by atoms with van der Waals surface area (Å²) >= 11 is 0. The molecule has 2 unspecified atom stereocenters. The van der Waals surface area contributed by atoms with Crippen molar-refractivity contribution >= 4 is 17.7 Å². The van der Waals surface area contributed by atoms with E-state index in [2.05, 4.69) is 15.5 Å². The molecule has 4 saturated heterocycles. The molecule has 4 heterocycles. The van der Waals surface area contributed by atoms with Crippen molar-refractivity contribution in [3.63, 3.8) is 0 Å². The molecule has 0 saturated carbocycles. The molecule has 10 heteroatoms. The van der Waals surface area contributed by atoms with Crippen molar-refractivity contribution in [2.45, 2.75) is 69.9 Å². The lowest BCUT2D eigenvalue weighted by Gasteiger charge is -2.37. The first-order valence-corrected chi connectivity index (χ1v) is 14.7. The third kappa shape index (κ3) is 5.26. The van der Waals surface area contributed by atoms with Crippen LogP contribution in [-0.2, 0) is 30.4 Å². The number of benzene rings is 1. The van der Waals surface area contributed by atoms with Crippen LogP contribution in [0.4, 0.5) is 0 Å². The molecule has 3 amide bonds. The van der Waals surface area contributed by atoms with Gasteiger partial charge in [0.05, 0.1) is 43.3 Å². The van der Waals surface area contributed by atoms with Crippen LogP contribution in [0.3, 0.4) is 0 Å². The number of hydrogen-bond acceptors (Lipinski definition) is 7. The lowest BCUT2D eigenvalue weighted by Crippen LogP contribution is -2.58. The molecule has 0 radical (unpaired) electrons. The average molecular weight is 557 g/mol. The predicted molar refractivity (Wildman–Crippen MR) is 148 cm³/mol. The topological polar surface area (TPSA) is 120 Å². The average Bonchev–Trinajstić information content (AvgIpc) is 3.52. The smallest absolute Gasteiger partial charge is 0.245 e. The predicted octanol–water partition coefficient (Wildman–Crippen LogP) is 0.923. The van der Waals surface area contributed by atoms with Gasteiger partial charge in [-0.15, -0.1) is 0 Å². The molecule has 4 aliphatic heterocycles. The fourth-order valence-electron chi connectivity index (χ4n) is 7.43. The van der Waals surface area contributed by atoms with Crippen molar-refractivity contribution in [2.75, 3.05) is 46.0 Å². The van der Waals surface area contributed by atoms with Gasteiger partial charge in [-0.05, 0) is 37.7 Å². The van der Waals surface area contributed by atoms with Gasteiger partial charge in [-0.1, -0.05) is 44.2 Å². The van der Waals surface area contributed by atoms with Crippen LogP contribution >= 0.6 is 0 Å². The number of aliphatic hydroxyl groups excluding tert-OH is 1. The molecule has 2 bridgehead atoms. The van der Waals surface area contributed by atoms with Gasteiger partial charge in [0.1, 0.15) is 11.6 Å². The van der Waals surface area contributed by atoms with Crippen LogP contribution in [0.15, 0.2) is 30.3 Å². The van der Waals surface area contributed by atoms with Crippen LogP contribution in [0.2, 0.25) is 0 Å². The Bertz CT molecular complexity index is 1080. The number of amides is 3. The van der Waals surface area contributed by atoms with Crippen LogP contribution in [0.5, 0.6) is 0 Å². The zero-order valence-electron chi connectivity index (χ0n) is 23.9. The highest BCUT2D eigenvalue weighted by Gasteiger charge is 2.78. The van der Waals surface area contributed by atoms with Gasteiger partial charge in [0, 0.05) is 32.7 Å². The molecule has 10 nitrogen and oxygen atoms in total. The fraction of sp³-hybridized carbons (Fsp3) is 0.700. The summed E-state index contributed by atoms with van der Waals surface area (Å²) in [5, 5.41) is 16.5. The molecule has 0 aromatic heterocycles. The van der Waals surface area contributed by atoms with E-state index in [1.165, 1.54) is 0 Å². The number of fused-ring (bicyclic) bond motifs is 1. The third-order valence-electron chi connectivity index (χ3n) is 9.23. The summed E-state index contributed by atoms with van der Waals surface area (Å²) in [6.45, 7) is 10.2. The summed E-state index contributed by atoms with van der Waals surface area (Å²) in [5.74, 6) is -2.07. The van der Waals surface area contributed by atoms with E-state index in [4.69, 9.17) is 9.47 Å². The van der Waals surface area contributed by atoms with Crippen molar-refractivity contribution in [3.8, 4) is 0 Å². The SMILES string of the molecule is CC(C)C[C@H](CO)N1C(=O)[C@@H]2[C@H](C(=O)NCc3ccccc3)[C@]3(C)CCC2(O3)C1C(=O)NCCN1CCOCC1. The largest absolute Gasteiger partial charge is 0.394 e. The molecule has 0 aliphatic carbocycles. The van der Waals surface area contributed by atoms with Gasteiger partial charge in [-0.3, -0.25) is 19.3 Å². The van der Waals surface area contributed by atoms with E-state index in [0.29, 0.717) is 52.1 Å². The number of nitrogens with one attached hydrogen (secondary N) is 2. The number of likely N-dealkylation sites (tertiary alicyclic amines) is 1. The zero-order valence-corrected chi connectivity index (χ0v) is 23.9. The van der Waals surface area contributed by atoms with Crippen molar-refractivity contribution < 1.29 is 29.0 Å². The second-order valence-corrected chi connectivity index (χ2v) is 12.4. The molecule has 4 fully saturated rings. The molecule has 3 N–H and O–H groups in total. The number of carbonyl (C=O) groups is 3. The molecule has 220 valence electrons. The number of aliphatic hydroxyl groups is 1.